The molecule has 3 rings (SSSR count). The summed E-state index contributed by atoms with van der Waals surface area (Å²) in [6, 6.07) is 6.79. The Morgan fingerprint density at radius 1 is 1.24 bits per heavy atom. The second-order valence-corrected chi connectivity index (χ2v) is 7.70. The van der Waals surface area contributed by atoms with Crippen LogP contribution in [0.4, 0.5) is 0 Å². The molecule has 0 bridgehead atoms. The van der Waals surface area contributed by atoms with Crippen LogP contribution in [0, 0.1) is 22.0 Å². The summed E-state index contributed by atoms with van der Waals surface area (Å²) in [6.45, 7) is 6.99. The van der Waals surface area contributed by atoms with Crippen molar-refractivity contribution in [1.29, 1.82) is 0 Å². The molecular formula is C19H27N3O3. The van der Waals surface area contributed by atoms with Crippen LogP contribution in [-0.2, 0) is 0 Å². The Morgan fingerprint density at radius 2 is 1.92 bits per heavy atom. The average Bonchev–Trinajstić information content (AvgIpc) is 2.60. The molecule has 6 nitrogen and oxygen atoms in total. The zero-order valence-electron chi connectivity index (χ0n) is 15.0. The zero-order chi connectivity index (χ0) is 18.0. The highest BCUT2D eigenvalue weighted by atomic mass is 16.6. The van der Waals surface area contributed by atoms with E-state index in [1.807, 2.05) is 29.2 Å². The van der Waals surface area contributed by atoms with E-state index in [9.17, 15) is 14.9 Å². The Balaban J connectivity index is 1.90. The van der Waals surface area contributed by atoms with Crippen LogP contribution in [0.2, 0.25) is 0 Å². The third-order valence-electron chi connectivity index (χ3n) is 5.47. The molecular weight excluding hydrogens is 318 g/mol. The summed E-state index contributed by atoms with van der Waals surface area (Å²) in [5, 5.41) is 14.6. The molecule has 2 aliphatic rings. The molecule has 2 fully saturated rings. The summed E-state index contributed by atoms with van der Waals surface area (Å²) in [6.07, 6.45) is 1.83. The lowest BCUT2D eigenvalue weighted by molar-refractivity contribution is -0.526. The van der Waals surface area contributed by atoms with Crippen LogP contribution in [0.1, 0.15) is 48.5 Å². The van der Waals surface area contributed by atoms with E-state index in [0.29, 0.717) is 30.4 Å². The first-order valence-electron chi connectivity index (χ1n) is 9.19. The molecule has 0 aliphatic carbocycles. The molecule has 1 aromatic rings. The van der Waals surface area contributed by atoms with Crippen LogP contribution in [-0.4, -0.2) is 48.0 Å². The van der Waals surface area contributed by atoms with Gasteiger partial charge in [-0.1, -0.05) is 32.0 Å². The molecule has 2 saturated heterocycles. The van der Waals surface area contributed by atoms with Crippen molar-refractivity contribution in [2.24, 2.45) is 11.8 Å². The lowest BCUT2D eigenvalue weighted by Gasteiger charge is -2.36. The molecule has 2 heterocycles. The Hall–Kier alpha value is -1.95. The number of amides is 1. The number of rotatable bonds is 3. The van der Waals surface area contributed by atoms with E-state index < -0.39 is 6.04 Å². The van der Waals surface area contributed by atoms with Crippen LogP contribution < -0.4 is 5.32 Å². The highest BCUT2D eigenvalue weighted by Crippen LogP contribution is 2.31. The maximum absolute atomic E-state index is 13.2. The van der Waals surface area contributed by atoms with Crippen molar-refractivity contribution in [2.45, 2.75) is 38.6 Å². The van der Waals surface area contributed by atoms with Crippen molar-refractivity contribution in [1.82, 2.24) is 10.2 Å². The van der Waals surface area contributed by atoms with E-state index >= 15 is 0 Å². The number of likely N-dealkylation sites (tertiary alicyclic amines) is 1. The average molecular weight is 345 g/mol. The van der Waals surface area contributed by atoms with Gasteiger partial charge in [-0.3, -0.25) is 14.9 Å². The van der Waals surface area contributed by atoms with E-state index in [-0.39, 0.29) is 16.7 Å². The fourth-order valence-electron chi connectivity index (χ4n) is 4.44. The second-order valence-electron chi connectivity index (χ2n) is 7.70. The van der Waals surface area contributed by atoms with Gasteiger partial charge < -0.3 is 10.2 Å². The number of piperidine rings is 2. The Labute approximate surface area is 148 Å². The first-order chi connectivity index (χ1) is 12.0. The fraction of sp³-hybridized carbons (Fsp3) is 0.632. The minimum atomic E-state index is -0.679. The van der Waals surface area contributed by atoms with Gasteiger partial charge in [-0.2, -0.15) is 0 Å². The predicted octanol–water partition coefficient (Wildman–Crippen LogP) is 2.53. The molecule has 0 saturated carbocycles. The number of hydrogen-bond acceptors (Lipinski definition) is 4. The highest BCUT2D eigenvalue weighted by Gasteiger charge is 2.38. The van der Waals surface area contributed by atoms with Gasteiger partial charge in [0.1, 0.15) is 0 Å². The molecule has 0 aromatic heterocycles. The lowest BCUT2D eigenvalue weighted by Crippen LogP contribution is -2.45. The number of nitrogens with zero attached hydrogens (tertiary/aromatic N) is 2. The van der Waals surface area contributed by atoms with E-state index in [4.69, 9.17) is 0 Å². The molecule has 1 amide bonds. The van der Waals surface area contributed by atoms with Crippen molar-refractivity contribution in [2.75, 3.05) is 26.2 Å². The number of nitrogens with one attached hydrogen (secondary N) is 1. The summed E-state index contributed by atoms with van der Waals surface area (Å²) >= 11 is 0. The summed E-state index contributed by atoms with van der Waals surface area (Å²) in [4.78, 5) is 26.4. The minimum absolute atomic E-state index is 0.0228. The molecule has 0 spiro atoms. The highest BCUT2D eigenvalue weighted by molar-refractivity contribution is 5.96. The molecule has 0 radical (unpaired) electrons. The normalized spacial score (nSPS) is 30.1. The van der Waals surface area contributed by atoms with E-state index in [0.717, 1.165) is 31.6 Å². The molecule has 25 heavy (non-hydrogen) atoms. The molecule has 4 unspecified atom stereocenters. The minimum Gasteiger partial charge on any atom is -0.338 e. The van der Waals surface area contributed by atoms with Crippen molar-refractivity contribution in [3.05, 3.63) is 45.5 Å². The van der Waals surface area contributed by atoms with Crippen molar-refractivity contribution in [3.63, 3.8) is 0 Å². The monoisotopic (exact) mass is 345 g/mol. The van der Waals surface area contributed by atoms with Crippen LogP contribution >= 0.6 is 0 Å². The summed E-state index contributed by atoms with van der Waals surface area (Å²) in [7, 11) is 0. The SMILES string of the molecule is CC1CC(C)CN(C(=O)c2ccccc2C2CCNCC2[N+](=O)[O-])C1. The number of carbonyl (C=O) groups is 1. The first-order valence-corrected chi connectivity index (χ1v) is 9.19. The molecule has 1 N–H and O–H groups in total. The predicted molar refractivity (Wildman–Crippen MR) is 96.3 cm³/mol. The smallest absolute Gasteiger partial charge is 0.254 e. The Bertz CT molecular complexity index is 639. The summed E-state index contributed by atoms with van der Waals surface area (Å²) in [5.41, 5.74) is 1.48. The van der Waals surface area contributed by atoms with Gasteiger partial charge in [0.2, 0.25) is 6.04 Å². The number of hydrogen-bond donors (Lipinski definition) is 1. The molecule has 136 valence electrons. The van der Waals surface area contributed by atoms with Gasteiger partial charge in [-0.15, -0.1) is 0 Å². The molecule has 6 heteroatoms. The van der Waals surface area contributed by atoms with E-state index in [1.54, 1.807) is 0 Å². The van der Waals surface area contributed by atoms with Gasteiger partial charge in [0.05, 0.1) is 12.5 Å². The van der Waals surface area contributed by atoms with Gasteiger partial charge in [-0.05, 0) is 42.9 Å². The molecule has 2 aliphatic heterocycles. The van der Waals surface area contributed by atoms with Crippen LogP contribution in [0.3, 0.4) is 0 Å². The maximum atomic E-state index is 13.2. The quantitative estimate of drug-likeness (QED) is 0.675. The summed E-state index contributed by atoms with van der Waals surface area (Å²) < 4.78 is 0. The van der Waals surface area contributed by atoms with Gasteiger partial charge >= 0.3 is 0 Å². The molecule has 1 aromatic carbocycles. The third-order valence-corrected chi connectivity index (χ3v) is 5.47. The third kappa shape index (κ3) is 3.84. The van der Waals surface area contributed by atoms with Gasteiger partial charge in [0, 0.05) is 23.6 Å². The van der Waals surface area contributed by atoms with Crippen molar-refractivity contribution >= 4 is 5.91 Å². The Morgan fingerprint density at radius 3 is 2.60 bits per heavy atom. The zero-order valence-corrected chi connectivity index (χ0v) is 15.0. The topological polar surface area (TPSA) is 75.5 Å². The lowest BCUT2D eigenvalue weighted by atomic mass is 9.83. The fourth-order valence-corrected chi connectivity index (χ4v) is 4.44. The number of nitro groups is 1. The maximum Gasteiger partial charge on any atom is 0.254 e. The molecule has 4 atom stereocenters. The van der Waals surface area contributed by atoms with Crippen LogP contribution in [0.5, 0.6) is 0 Å². The van der Waals surface area contributed by atoms with Crippen molar-refractivity contribution < 1.29 is 9.72 Å². The van der Waals surface area contributed by atoms with Crippen molar-refractivity contribution in [3.8, 4) is 0 Å². The van der Waals surface area contributed by atoms with Gasteiger partial charge in [0.25, 0.3) is 5.91 Å². The summed E-state index contributed by atoms with van der Waals surface area (Å²) in [5.74, 6) is 0.793. The van der Waals surface area contributed by atoms with Crippen LogP contribution in [0.15, 0.2) is 24.3 Å². The second kappa shape index (κ2) is 7.52. The van der Waals surface area contributed by atoms with Gasteiger partial charge in [0.15, 0.2) is 0 Å². The van der Waals surface area contributed by atoms with Gasteiger partial charge in [-0.25, -0.2) is 0 Å². The number of carbonyl (C=O) groups excluding carboxylic acids is 1. The Kier molecular flexibility index (Phi) is 5.37. The van der Waals surface area contributed by atoms with E-state index in [1.165, 1.54) is 0 Å². The van der Waals surface area contributed by atoms with Crippen LogP contribution in [0.25, 0.3) is 0 Å². The largest absolute Gasteiger partial charge is 0.338 e. The number of benzene rings is 1. The van der Waals surface area contributed by atoms with E-state index in [2.05, 4.69) is 19.2 Å². The standard InChI is InChI=1S/C19H27N3O3/c1-13-9-14(2)12-21(11-13)19(23)17-6-4-3-5-15(17)16-7-8-20-10-18(16)22(24)25/h3-6,13-14,16,18,20H,7-12H2,1-2H3. The first kappa shape index (κ1) is 17.9.